The second kappa shape index (κ2) is 9.28. The Bertz CT molecular complexity index is 1400. The van der Waals surface area contributed by atoms with Crippen molar-refractivity contribution in [1.82, 2.24) is 14.7 Å². The number of hydrogen-bond acceptors (Lipinski definition) is 6. The van der Waals surface area contributed by atoms with E-state index in [0.29, 0.717) is 31.8 Å². The van der Waals surface area contributed by atoms with Crippen molar-refractivity contribution in [3.8, 4) is 22.7 Å². The number of methoxy groups -OCH3 is 1. The van der Waals surface area contributed by atoms with Crippen LogP contribution in [0.1, 0.15) is 11.3 Å². The van der Waals surface area contributed by atoms with Gasteiger partial charge in [0.25, 0.3) is 5.91 Å². The van der Waals surface area contributed by atoms with E-state index in [1.54, 1.807) is 41.3 Å². The molecule has 0 atom stereocenters. The third kappa shape index (κ3) is 4.27. The normalized spacial score (nSPS) is 14.9. The van der Waals surface area contributed by atoms with Gasteiger partial charge in [0.15, 0.2) is 11.6 Å². The summed E-state index contributed by atoms with van der Waals surface area (Å²) in [6.07, 6.45) is 5.11. The first-order chi connectivity index (χ1) is 16.5. The zero-order valence-electron chi connectivity index (χ0n) is 18.0. The molecule has 4 aromatic rings. The van der Waals surface area contributed by atoms with E-state index in [9.17, 15) is 9.18 Å². The van der Waals surface area contributed by atoms with Gasteiger partial charge in [0.1, 0.15) is 15.8 Å². The maximum absolute atomic E-state index is 14.5. The van der Waals surface area contributed by atoms with E-state index < -0.39 is 5.82 Å². The lowest BCUT2D eigenvalue weighted by Crippen LogP contribution is -2.27. The first-order valence-electron chi connectivity index (χ1n) is 10.3. The highest BCUT2D eigenvalue weighted by Gasteiger charge is 2.33. The third-order valence-electron chi connectivity index (χ3n) is 5.24. The molecule has 0 spiro atoms. The van der Waals surface area contributed by atoms with Gasteiger partial charge in [0, 0.05) is 17.3 Å². The number of hydrogen-bond donors (Lipinski definition) is 0. The van der Waals surface area contributed by atoms with Gasteiger partial charge in [0.2, 0.25) is 0 Å². The number of nitrogens with zero attached hydrogens (tertiary/aromatic N) is 3. The van der Waals surface area contributed by atoms with Crippen molar-refractivity contribution in [3.63, 3.8) is 0 Å². The average Bonchev–Trinajstić information content (AvgIpc) is 3.57. The Balaban J connectivity index is 1.55. The van der Waals surface area contributed by atoms with Gasteiger partial charge in [-0.1, -0.05) is 42.2 Å². The maximum Gasteiger partial charge on any atom is 0.266 e. The summed E-state index contributed by atoms with van der Waals surface area (Å²) in [7, 11) is 1.42. The van der Waals surface area contributed by atoms with Gasteiger partial charge >= 0.3 is 0 Å². The predicted molar refractivity (Wildman–Crippen MR) is 133 cm³/mol. The van der Waals surface area contributed by atoms with Crippen molar-refractivity contribution < 1.29 is 18.3 Å². The molecule has 5 rings (SSSR count). The van der Waals surface area contributed by atoms with Crippen LogP contribution in [0.4, 0.5) is 4.39 Å². The molecule has 170 valence electrons. The number of para-hydroxylation sites is 1. The number of carbonyl (C=O) groups is 1. The van der Waals surface area contributed by atoms with Gasteiger partial charge in [0.05, 0.1) is 30.5 Å². The molecule has 0 unspecified atom stereocenters. The molecule has 6 nitrogen and oxygen atoms in total. The summed E-state index contributed by atoms with van der Waals surface area (Å²) in [6, 6.07) is 17.8. The molecule has 34 heavy (non-hydrogen) atoms. The summed E-state index contributed by atoms with van der Waals surface area (Å²) in [5.74, 6) is 0.0751. The molecule has 0 bridgehead atoms. The molecule has 0 radical (unpaired) electrons. The molecule has 1 amide bonds. The molecule has 0 N–H and O–H groups in total. The highest BCUT2D eigenvalue weighted by atomic mass is 32.2. The second-order valence-corrected chi connectivity index (χ2v) is 9.09. The van der Waals surface area contributed by atoms with Crippen LogP contribution in [0.15, 0.2) is 82.4 Å². The molecule has 2 aromatic carbocycles. The zero-order valence-corrected chi connectivity index (χ0v) is 19.6. The summed E-state index contributed by atoms with van der Waals surface area (Å²) < 4.78 is 27.0. The van der Waals surface area contributed by atoms with Gasteiger partial charge in [-0.25, -0.2) is 9.07 Å². The lowest BCUT2D eigenvalue weighted by atomic mass is 10.1. The second-order valence-electron chi connectivity index (χ2n) is 7.41. The summed E-state index contributed by atoms with van der Waals surface area (Å²) in [6.45, 7) is 0.259. The van der Waals surface area contributed by atoms with Crippen LogP contribution in [-0.2, 0) is 11.3 Å². The molecule has 1 aliphatic heterocycles. The van der Waals surface area contributed by atoms with Crippen LogP contribution in [0.3, 0.4) is 0 Å². The van der Waals surface area contributed by atoms with Crippen LogP contribution < -0.4 is 4.74 Å². The number of halogens is 1. The van der Waals surface area contributed by atoms with E-state index in [0.717, 1.165) is 5.69 Å². The van der Waals surface area contributed by atoms with Crippen LogP contribution in [0.5, 0.6) is 5.75 Å². The number of thioether (sulfide) groups is 1. The number of amides is 1. The highest BCUT2D eigenvalue weighted by Crippen LogP contribution is 2.36. The number of benzene rings is 2. The molecule has 3 heterocycles. The van der Waals surface area contributed by atoms with Crippen LogP contribution in [0.2, 0.25) is 0 Å². The molecule has 1 fully saturated rings. The summed E-state index contributed by atoms with van der Waals surface area (Å²) in [4.78, 5) is 15.1. The fraction of sp³-hybridized carbons (Fsp3) is 0.0800. The summed E-state index contributed by atoms with van der Waals surface area (Å²) >= 11 is 6.65. The van der Waals surface area contributed by atoms with Crippen molar-refractivity contribution in [3.05, 3.63) is 95.2 Å². The van der Waals surface area contributed by atoms with Gasteiger partial charge in [-0.15, -0.1) is 0 Å². The van der Waals surface area contributed by atoms with E-state index in [1.165, 1.54) is 29.8 Å². The van der Waals surface area contributed by atoms with Crippen molar-refractivity contribution >= 4 is 40.3 Å². The Morgan fingerprint density at radius 3 is 2.71 bits per heavy atom. The Kier molecular flexibility index (Phi) is 6.04. The van der Waals surface area contributed by atoms with Crippen molar-refractivity contribution in [2.45, 2.75) is 6.54 Å². The average molecular weight is 492 g/mol. The lowest BCUT2D eigenvalue weighted by molar-refractivity contribution is -0.122. The first kappa shape index (κ1) is 22.1. The predicted octanol–water partition coefficient (Wildman–Crippen LogP) is 5.68. The fourth-order valence-corrected chi connectivity index (χ4v) is 4.83. The Morgan fingerprint density at radius 1 is 1.18 bits per heavy atom. The smallest absolute Gasteiger partial charge is 0.266 e. The van der Waals surface area contributed by atoms with Gasteiger partial charge in [-0.05, 0) is 48.5 Å². The van der Waals surface area contributed by atoms with E-state index in [-0.39, 0.29) is 18.2 Å². The molecule has 9 heteroatoms. The highest BCUT2D eigenvalue weighted by molar-refractivity contribution is 8.26. The summed E-state index contributed by atoms with van der Waals surface area (Å²) in [5.41, 5.74) is 2.58. The maximum atomic E-state index is 14.5. The van der Waals surface area contributed by atoms with Crippen molar-refractivity contribution in [2.75, 3.05) is 7.11 Å². The number of furan rings is 1. The van der Waals surface area contributed by atoms with Gasteiger partial charge < -0.3 is 9.15 Å². The molecule has 2 aromatic heterocycles. The topological polar surface area (TPSA) is 60.5 Å². The Hall–Kier alpha value is -3.69. The quantitative estimate of drug-likeness (QED) is 0.255. The number of thiocarbonyl (C=S) groups is 1. The standard InChI is InChI=1S/C25H18FN3O3S2/c1-31-21-10-9-16(12-20(21)26)23-17(14-29(27-23)18-6-3-2-4-7-18)13-22-24(30)28(25(33)34-22)15-19-8-5-11-32-19/h2-14H,15H2,1H3. The number of carbonyl (C=O) groups excluding carboxylic acids is 1. The van der Waals surface area contributed by atoms with Crippen LogP contribution >= 0.6 is 24.0 Å². The molecular weight excluding hydrogens is 473 g/mol. The molecule has 1 saturated heterocycles. The van der Waals surface area contributed by atoms with E-state index in [1.807, 2.05) is 36.5 Å². The monoisotopic (exact) mass is 491 g/mol. The van der Waals surface area contributed by atoms with Crippen LogP contribution in [-0.4, -0.2) is 32.0 Å². The van der Waals surface area contributed by atoms with E-state index in [4.69, 9.17) is 26.5 Å². The third-order valence-corrected chi connectivity index (χ3v) is 6.62. The minimum Gasteiger partial charge on any atom is -0.494 e. The Labute approximate surface area is 204 Å². The van der Waals surface area contributed by atoms with Gasteiger partial charge in [-0.2, -0.15) is 5.10 Å². The van der Waals surface area contributed by atoms with Crippen molar-refractivity contribution in [2.24, 2.45) is 0 Å². The first-order valence-corrected chi connectivity index (χ1v) is 11.5. The number of ether oxygens (including phenoxy) is 1. The van der Waals surface area contributed by atoms with Crippen LogP contribution in [0.25, 0.3) is 23.0 Å². The lowest BCUT2D eigenvalue weighted by Gasteiger charge is -2.11. The van der Waals surface area contributed by atoms with E-state index in [2.05, 4.69) is 0 Å². The molecule has 1 aliphatic rings. The Morgan fingerprint density at radius 2 is 2.00 bits per heavy atom. The minimum absolute atomic E-state index is 0.145. The van der Waals surface area contributed by atoms with Crippen molar-refractivity contribution in [1.29, 1.82) is 0 Å². The van der Waals surface area contributed by atoms with Crippen LogP contribution in [0, 0.1) is 5.82 Å². The van der Waals surface area contributed by atoms with Gasteiger partial charge in [-0.3, -0.25) is 9.69 Å². The summed E-state index contributed by atoms with van der Waals surface area (Å²) in [5, 5.41) is 4.70. The molecule has 0 saturated carbocycles. The SMILES string of the molecule is COc1ccc(-c2nn(-c3ccccc3)cc2C=C2SC(=S)N(Cc3ccco3)C2=O)cc1F. The molecular formula is C25H18FN3O3S2. The minimum atomic E-state index is -0.495. The fourth-order valence-electron chi connectivity index (χ4n) is 3.58. The number of rotatable bonds is 6. The number of aromatic nitrogens is 2. The largest absolute Gasteiger partial charge is 0.494 e. The van der Waals surface area contributed by atoms with E-state index >= 15 is 0 Å². The zero-order chi connectivity index (χ0) is 23.7. The molecule has 0 aliphatic carbocycles.